The summed E-state index contributed by atoms with van der Waals surface area (Å²) in [6.45, 7) is 3.72. The van der Waals surface area contributed by atoms with Crippen LogP contribution in [0.15, 0.2) is 23.1 Å². The van der Waals surface area contributed by atoms with E-state index in [1.807, 2.05) is 11.8 Å². The van der Waals surface area contributed by atoms with Gasteiger partial charge in [0.15, 0.2) is 0 Å². The third-order valence-corrected chi connectivity index (χ3v) is 5.05. The van der Waals surface area contributed by atoms with E-state index >= 15 is 0 Å². The van der Waals surface area contributed by atoms with Gasteiger partial charge in [0.2, 0.25) is 10.0 Å². The summed E-state index contributed by atoms with van der Waals surface area (Å²) in [4.78, 5) is 2.41. The number of hydrogen-bond acceptors (Lipinski definition) is 6. The van der Waals surface area contributed by atoms with E-state index in [4.69, 9.17) is 10.9 Å². The van der Waals surface area contributed by atoms with E-state index < -0.39 is 10.0 Å². The molecule has 2 rings (SSSR count). The van der Waals surface area contributed by atoms with Gasteiger partial charge in [0.25, 0.3) is 0 Å². The Bertz CT molecular complexity index is 557. The first-order valence-corrected chi connectivity index (χ1v) is 9.13. The number of sulfonamides is 1. The van der Waals surface area contributed by atoms with Crippen LogP contribution >= 0.6 is 11.8 Å². The number of anilines is 2. The molecule has 1 fully saturated rings. The monoisotopic (exact) mass is 316 g/mol. The third kappa shape index (κ3) is 4.27. The van der Waals surface area contributed by atoms with Crippen LogP contribution in [0.2, 0.25) is 0 Å². The van der Waals surface area contributed by atoms with Gasteiger partial charge < -0.3 is 11.1 Å². The molecule has 6 nitrogen and oxygen atoms in total. The summed E-state index contributed by atoms with van der Waals surface area (Å²) in [6, 6.07) is 4.70. The fourth-order valence-electron chi connectivity index (χ4n) is 2.09. The molecule has 1 aromatic carbocycles. The number of nitrogens with zero attached hydrogens (tertiary/aromatic N) is 1. The van der Waals surface area contributed by atoms with Gasteiger partial charge in [0.1, 0.15) is 4.90 Å². The normalized spacial score (nSPS) is 17.1. The van der Waals surface area contributed by atoms with Crippen LogP contribution in [0.3, 0.4) is 0 Å². The Hall–Kier alpha value is -0.960. The van der Waals surface area contributed by atoms with Crippen LogP contribution in [0.5, 0.6) is 0 Å². The first-order chi connectivity index (χ1) is 9.47. The molecule has 0 unspecified atom stereocenters. The molecule has 1 aromatic rings. The van der Waals surface area contributed by atoms with E-state index in [0.717, 1.165) is 31.1 Å². The molecule has 1 aliphatic rings. The lowest BCUT2D eigenvalue weighted by molar-refractivity contribution is 0.314. The molecule has 1 heterocycles. The van der Waals surface area contributed by atoms with Gasteiger partial charge in [-0.1, -0.05) is 0 Å². The highest BCUT2D eigenvalue weighted by molar-refractivity contribution is 7.99. The summed E-state index contributed by atoms with van der Waals surface area (Å²) in [6.07, 6.45) is 0. The van der Waals surface area contributed by atoms with Crippen molar-refractivity contribution >= 4 is 33.2 Å². The van der Waals surface area contributed by atoms with Crippen molar-refractivity contribution < 1.29 is 8.42 Å². The van der Waals surface area contributed by atoms with Gasteiger partial charge in [0.05, 0.1) is 5.69 Å². The van der Waals surface area contributed by atoms with Crippen LogP contribution in [0.25, 0.3) is 0 Å². The molecule has 0 aliphatic carbocycles. The summed E-state index contributed by atoms with van der Waals surface area (Å²) in [5.74, 6) is 2.31. The first kappa shape index (κ1) is 15.4. The number of nitrogen functional groups attached to an aromatic ring is 1. The highest BCUT2D eigenvalue weighted by Gasteiger charge is 2.15. The molecule has 8 heteroatoms. The maximum Gasteiger partial charge on any atom is 0.240 e. The lowest BCUT2D eigenvalue weighted by Gasteiger charge is -2.26. The SMILES string of the molecule is Nc1ccc(NCCN2CCSCC2)c(S(N)(=O)=O)c1. The van der Waals surface area contributed by atoms with Crippen molar-refractivity contribution in [3.8, 4) is 0 Å². The third-order valence-electron chi connectivity index (χ3n) is 3.16. The minimum atomic E-state index is -3.77. The highest BCUT2D eigenvalue weighted by Crippen LogP contribution is 2.22. The molecule has 1 aliphatic heterocycles. The molecule has 1 saturated heterocycles. The van der Waals surface area contributed by atoms with Crippen molar-refractivity contribution in [2.24, 2.45) is 5.14 Å². The Morgan fingerprint density at radius 2 is 2.00 bits per heavy atom. The van der Waals surface area contributed by atoms with Gasteiger partial charge in [-0.05, 0) is 18.2 Å². The number of rotatable bonds is 5. The maximum atomic E-state index is 11.5. The minimum Gasteiger partial charge on any atom is -0.399 e. The predicted molar refractivity (Wildman–Crippen MR) is 84.5 cm³/mol. The summed E-state index contributed by atoms with van der Waals surface area (Å²) in [5.41, 5.74) is 6.50. The molecule has 0 spiro atoms. The topological polar surface area (TPSA) is 101 Å². The zero-order valence-electron chi connectivity index (χ0n) is 11.2. The molecular weight excluding hydrogens is 296 g/mol. The summed E-state index contributed by atoms with van der Waals surface area (Å²) in [5, 5.41) is 8.34. The second-order valence-electron chi connectivity index (χ2n) is 4.68. The Balaban J connectivity index is 1.98. The number of nitrogens with one attached hydrogen (secondary N) is 1. The number of primary sulfonamides is 1. The average molecular weight is 316 g/mol. The van der Waals surface area contributed by atoms with Gasteiger partial charge in [-0.15, -0.1) is 0 Å². The van der Waals surface area contributed by atoms with Crippen molar-refractivity contribution in [1.82, 2.24) is 4.90 Å². The number of benzene rings is 1. The van der Waals surface area contributed by atoms with E-state index in [1.54, 1.807) is 12.1 Å². The fourth-order valence-corrected chi connectivity index (χ4v) is 3.82. The zero-order valence-corrected chi connectivity index (χ0v) is 12.8. The Morgan fingerprint density at radius 1 is 1.30 bits per heavy atom. The fraction of sp³-hybridized carbons (Fsp3) is 0.500. The molecule has 0 radical (unpaired) electrons. The molecule has 5 N–H and O–H groups in total. The van der Waals surface area contributed by atoms with Crippen molar-refractivity contribution in [3.63, 3.8) is 0 Å². The van der Waals surface area contributed by atoms with E-state index in [-0.39, 0.29) is 4.90 Å². The molecule has 0 atom stereocenters. The number of nitrogens with two attached hydrogens (primary N) is 2. The second-order valence-corrected chi connectivity index (χ2v) is 7.44. The first-order valence-electron chi connectivity index (χ1n) is 6.43. The van der Waals surface area contributed by atoms with Crippen molar-refractivity contribution in [2.75, 3.05) is 48.7 Å². The van der Waals surface area contributed by atoms with Crippen LogP contribution in [0.4, 0.5) is 11.4 Å². The average Bonchev–Trinajstić information content (AvgIpc) is 2.40. The predicted octanol–water partition coefficient (Wildman–Crippen LogP) is 0.377. The summed E-state index contributed by atoms with van der Waals surface area (Å²) < 4.78 is 23.1. The molecule has 20 heavy (non-hydrogen) atoms. The zero-order chi connectivity index (χ0) is 14.6. The highest BCUT2D eigenvalue weighted by atomic mass is 32.2. The van der Waals surface area contributed by atoms with Gasteiger partial charge >= 0.3 is 0 Å². The summed E-state index contributed by atoms with van der Waals surface area (Å²) in [7, 11) is -3.77. The van der Waals surface area contributed by atoms with E-state index in [2.05, 4.69) is 10.2 Å². The Kier molecular flexibility index (Phi) is 5.14. The Labute approximate surface area is 123 Å². The van der Waals surface area contributed by atoms with Gasteiger partial charge in [-0.3, -0.25) is 4.90 Å². The van der Waals surface area contributed by atoms with Crippen molar-refractivity contribution in [2.45, 2.75) is 4.90 Å². The quantitative estimate of drug-likeness (QED) is 0.679. The largest absolute Gasteiger partial charge is 0.399 e. The Morgan fingerprint density at radius 3 is 2.65 bits per heavy atom. The van der Waals surface area contributed by atoms with Crippen molar-refractivity contribution in [3.05, 3.63) is 18.2 Å². The smallest absolute Gasteiger partial charge is 0.240 e. The molecule has 0 aromatic heterocycles. The van der Waals surface area contributed by atoms with Crippen LogP contribution in [-0.4, -0.2) is 51.0 Å². The maximum absolute atomic E-state index is 11.5. The lowest BCUT2D eigenvalue weighted by atomic mass is 10.3. The molecule has 0 bridgehead atoms. The van der Waals surface area contributed by atoms with Crippen LogP contribution < -0.4 is 16.2 Å². The van der Waals surface area contributed by atoms with Crippen LogP contribution in [0, 0.1) is 0 Å². The standard InChI is InChI=1S/C12H20N4O2S2/c13-10-1-2-11(12(9-10)20(14,17)18)15-3-4-16-5-7-19-8-6-16/h1-2,9,15H,3-8,13H2,(H2,14,17,18). The molecular formula is C12H20N4O2S2. The lowest BCUT2D eigenvalue weighted by Crippen LogP contribution is -2.36. The van der Waals surface area contributed by atoms with E-state index in [1.165, 1.54) is 6.07 Å². The van der Waals surface area contributed by atoms with Crippen molar-refractivity contribution in [1.29, 1.82) is 0 Å². The summed E-state index contributed by atoms with van der Waals surface area (Å²) >= 11 is 1.96. The molecule has 0 saturated carbocycles. The van der Waals surface area contributed by atoms with Crippen LogP contribution in [0.1, 0.15) is 0 Å². The van der Waals surface area contributed by atoms with E-state index in [0.29, 0.717) is 17.9 Å². The second kappa shape index (κ2) is 6.66. The number of thioether (sulfide) groups is 1. The van der Waals surface area contributed by atoms with Gasteiger partial charge in [-0.25, -0.2) is 13.6 Å². The number of hydrogen-bond donors (Lipinski definition) is 3. The molecule has 112 valence electrons. The molecule has 0 amide bonds. The van der Waals surface area contributed by atoms with Gasteiger partial charge in [0, 0.05) is 43.4 Å². The van der Waals surface area contributed by atoms with E-state index in [9.17, 15) is 8.42 Å². The van der Waals surface area contributed by atoms with Crippen LogP contribution in [-0.2, 0) is 10.0 Å². The van der Waals surface area contributed by atoms with Gasteiger partial charge in [-0.2, -0.15) is 11.8 Å². The minimum absolute atomic E-state index is 0.0479.